The van der Waals surface area contributed by atoms with E-state index in [1.807, 2.05) is 0 Å². The first kappa shape index (κ1) is 20.1. The number of hydrogen-bond donors (Lipinski definition) is 0. The normalized spacial score (nSPS) is 20.9. The van der Waals surface area contributed by atoms with Gasteiger partial charge in [0, 0.05) is 13.8 Å². The molecule has 1 nitrogen and oxygen atoms in total. The van der Waals surface area contributed by atoms with Gasteiger partial charge < -0.3 is 0 Å². The van der Waals surface area contributed by atoms with Crippen LogP contribution in [0, 0.1) is 0 Å². The predicted molar refractivity (Wildman–Crippen MR) is 42.1 cm³/mol. The van der Waals surface area contributed by atoms with Gasteiger partial charge in [0.2, 0.25) is 0 Å². The van der Waals surface area contributed by atoms with Gasteiger partial charge in [-0.3, -0.25) is 4.74 Å². The lowest BCUT2D eigenvalue weighted by Crippen LogP contribution is -2.62. The Hall–Kier alpha value is -0.880. The summed E-state index contributed by atoms with van der Waals surface area (Å²) in [5, 5.41) is 0. The second kappa shape index (κ2) is 4.81. The Labute approximate surface area is 108 Å². The molecule has 0 heterocycles. The molecular weight excluding hydrogens is 340 g/mol. The molecule has 0 aromatic rings. The third-order valence-electron chi connectivity index (χ3n) is 2.22. The van der Waals surface area contributed by atoms with Crippen LogP contribution in [0.15, 0.2) is 0 Å². The Kier molecular flexibility index (Phi) is 4.61. The van der Waals surface area contributed by atoms with Crippen LogP contribution in [0.1, 0.15) is 13.8 Å². The zero-order valence-electron chi connectivity index (χ0n) is 9.94. The number of halogens is 12. The molecule has 0 aromatic heterocycles. The van der Waals surface area contributed by atoms with Gasteiger partial charge in [0.15, 0.2) is 0 Å². The van der Waals surface area contributed by atoms with Gasteiger partial charge in [-0.25, -0.2) is 8.78 Å². The summed E-state index contributed by atoms with van der Waals surface area (Å²) in [6.07, 6.45) is -13.4. The highest BCUT2D eigenvalue weighted by Crippen LogP contribution is 2.52. The van der Waals surface area contributed by atoms with Crippen molar-refractivity contribution in [3.05, 3.63) is 0 Å². The number of alkyl halides is 12. The van der Waals surface area contributed by atoms with Gasteiger partial charge in [0.25, 0.3) is 11.7 Å². The van der Waals surface area contributed by atoms with Crippen LogP contribution >= 0.6 is 0 Å². The Morgan fingerprint density at radius 1 is 0.476 bits per heavy atom. The van der Waals surface area contributed by atoms with Crippen molar-refractivity contribution in [1.82, 2.24) is 0 Å². The summed E-state index contributed by atoms with van der Waals surface area (Å²) in [4.78, 5) is 0. The van der Waals surface area contributed by atoms with Crippen LogP contribution in [-0.4, -0.2) is 35.9 Å². The van der Waals surface area contributed by atoms with E-state index in [0.717, 1.165) is 0 Å². The lowest BCUT2D eigenvalue weighted by atomic mass is 10.1. The molecule has 0 rings (SSSR count). The Morgan fingerprint density at radius 2 is 0.667 bits per heavy atom. The van der Waals surface area contributed by atoms with Gasteiger partial charge in [-0.15, -0.1) is 0 Å². The SMILES string of the molecule is CC(F)(OC(C)(F)C(F)(F)C(F)(F)F)C(F)(F)C(F)(F)F. The second-order valence-corrected chi connectivity index (χ2v) is 4.08. The highest BCUT2D eigenvalue weighted by atomic mass is 19.4. The van der Waals surface area contributed by atoms with Gasteiger partial charge in [0.1, 0.15) is 0 Å². The molecule has 0 spiro atoms. The fourth-order valence-corrected chi connectivity index (χ4v) is 0.994. The second-order valence-electron chi connectivity index (χ2n) is 4.08. The van der Waals surface area contributed by atoms with Crippen molar-refractivity contribution in [2.75, 3.05) is 0 Å². The van der Waals surface area contributed by atoms with Crippen molar-refractivity contribution in [2.45, 2.75) is 49.8 Å². The van der Waals surface area contributed by atoms with E-state index in [1.54, 1.807) is 0 Å². The van der Waals surface area contributed by atoms with Crippen molar-refractivity contribution >= 4 is 0 Å². The minimum atomic E-state index is -6.72. The van der Waals surface area contributed by atoms with Crippen molar-refractivity contribution in [3.8, 4) is 0 Å². The summed E-state index contributed by atoms with van der Waals surface area (Å²) in [6.45, 7) is -1.66. The highest BCUT2D eigenvalue weighted by Gasteiger charge is 2.77. The van der Waals surface area contributed by atoms with Crippen LogP contribution in [0.3, 0.4) is 0 Å². The molecule has 21 heavy (non-hydrogen) atoms. The monoisotopic (exact) mass is 346 g/mol. The zero-order valence-corrected chi connectivity index (χ0v) is 9.94. The molecule has 0 aliphatic rings. The van der Waals surface area contributed by atoms with Gasteiger partial charge >= 0.3 is 24.2 Å². The third kappa shape index (κ3) is 3.31. The van der Waals surface area contributed by atoms with Gasteiger partial charge in [-0.1, -0.05) is 0 Å². The first-order valence-electron chi connectivity index (χ1n) is 4.68. The van der Waals surface area contributed by atoms with E-state index in [4.69, 9.17) is 0 Å². The van der Waals surface area contributed by atoms with E-state index >= 15 is 0 Å². The first-order chi connectivity index (χ1) is 8.71. The predicted octanol–water partition coefficient (Wildman–Crippen LogP) is 4.77. The summed E-state index contributed by atoms with van der Waals surface area (Å²) in [5.74, 6) is -24.1. The van der Waals surface area contributed by atoms with Gasteiger partial charge in [-0.05, 0) is 0 Å². The molecule has 2 unspecified atom stereocenters. The van der Waals surface area contributed by atoms with E-state index in [9.17, 15) is 52.7 Å². The molecule has 0 aromatic carbocycles. The largest absolute Gasteiger partial charge is 0.459 e. The number of hydrogen-bond acceptors (Lipinski definition) is 1. The van der Waals surface area contributed by atoms with Crippen molar-refractivity contribution in [2.24, 2.45) is 0 Å². The molecule has 13 heteroatoms. The molecule has 0 bridgehead atoms. The number of rotatable bonds is 4. The Bertz CT molecular complexity index is 340. The molecule has 0 aliphatic carbocycles. The van der Waals surface area contributed by atoms with Crippen molar-refractivity contribution < 1.29 is 57.4 Å². The van der Waals surface area contributed by atoms with E-state index in [2.05, 4.69) is 4.74 Å². The minimum absolute atomic E-state index is 0.829. The summed E-state index contributed by atoms with van der Waals surface area (Å²) in [6, 6.07) is 0. The van der Waals surface area contributed by atoms with Crippen LogP contribution in [-0.2, 0) is 4.74 Å². The molecule has 0 fully saturated rings. The van der Waals surface area contributed by atoms with Gasteiger partial charge in [0.05, 0.1) is 0 Å². The Morgan fingerprint density at radius 3 is 0.810 bits per heavy atom. The first-order valence-corrected chi connectivity index (χ1v) is 4.68. The average molecular weight is 346 g/mol. The summed E-state index contributed by atoms with van der Waals surface area (Å²) in [7, 11) is 0. The maximum atomic E-state index is 13.1. The fraction of sp³-hybridized carbons (Fsp3) is 1.00. The highest BCUT2D eigenvalue weighted by molar-refractivity contribution is 4.95. The smallest absolute Gasteiger partial charge is 0.298 e. The quantitative estimate of drug-likeness (QED) is 0.667. The molecule has 2 atom stereocenters. The van der Waals surface area contributed by atoms with E-state index in [1.165, 1.54) is 0 Å². The van der Waals surface area contributed by atoms with Crippen molar-refractivity contribution in [1.29, 1.82) is 0 Å². The molecule has 0 amide bonds. The van der Waals surface area contributed by atoms with Crippen LogP contribution < -0.4 is 0 Å². The molecule has 0 radical (unpaired) electrons. The maximum Gasteiger partial charge on any atom is 0.459 e. The third-order valence-corrected chi connectivity index (χ3v) is 2.22. The van der Waals surface area contributed by atoms with Crippen LogP contribution in [0.25, 0.3) is 0 Å². The average Bonchev–Trinajstić information content (AvgIpc) is 2.11. The topological polar surface area (TPSA) is 9.23 Å². The lowest BCUT2D eigenvalue weighted by Gasteiger charge is -2.38. The fourth-order valence-electron chi connectivity index (χ4n) is 0.994. The minimum Gasteiger partial charge on any atom is -0.298 e. The van der Waals surface area contributed by atoms with E-state index < -0.39 is 49.8 Å². The molecular formula is C8H6F12O. The molecule has 128 valence electrons. The maximum absolute atomic E-state index is 13.1. The number of ether oxygens (including phenoxy) is 1. The van der Waals surface area contributed by atoms with E-state index in [-0.39, 0.29) is 0 Å². The molecule has 0 N–H and O–H groups in total. The zero-order chi connectivity index (χ0) is 17.7. The standard InChI is InChI=1S/C8H6F12O/c1-3(9,5(11,12)7(15,16)17)21-4(2,10)6(13,14)8(18,19)20/h1-2H3. The Balaban J connectivity index is 5.65. The van der Waals surface area contributed by atoms with Crippen LogP contribution in [0.4, 0.5) is 52.7 Å². The lowest BCUT2D eigenvalue weighted by molar-refractivity contribution is -0.450. The molecule has 0 aliphatic heterocycles. The molecule has 0 saturated carbocycles. The molecule has 0 saturated heterocycles. The van der Waals surface area contributed by atoms with Crippen LogP contribution in [0.2, 0.25) is 0 Å². The van der Waals surface area contributed by atoms with Crippen LogP contribution in [0.5, 0.6) is 0 Å². The summed E-state index contributed by atoms with van der Waals surface area (Å²) >= 11 is 0. The summed E-state index contributed by atoms with van der Waals surface area (Å²) < 4.78 is 150. The van der Waals surface area contributed by atoms with Gasteiger partial charge in [-0.2, -0.15) is 43.9 Å². The van der Waals surface area contributed by atoms with E-state index in [0.29, 0.717) is 0 Å². The summed E-state index contributed by atoms with van der Waals surface area (Å²) in [5.41, 5.74) is 0. The van der Waals surface area contributed by atoms with Crippen molar-refractivity contribution in [3.63, 3.8) is 0 Å².